The highest BCUT2D eigenvalue weighted by atomic mass is 16.5. The van der Waals surface area contributed by atoms with Crippen LogP contribution in [0.2, 0.25) is 0 Å². The smallest absolute Gasteiger partial charge is 0.296 e. The number of para-hydroxylation sites is 1. The minimum absolute atomic E-state index is 0.0425. The zero-order valence-corrected chi connectivity index (χ0v) is 17.3. The number of amides is 2. The van der Waals surface area contributed by atoms with Crippen LogP contribution in [0.25, 0.3) is 5.57 Å². The second-order valence-corrected chi connectivity index (χ2v) is 6.58. The first-order valence-corrected chi connectivity index (χ1v) is 9.83. The number of aliphatic hydroxyl groups excluding tert-OH is 1. The Hall–Kier alpha value is -3.48. The summed E-state index contributed by atoms with van der Waals surface area (Å²) >= 11 is 0. The third kappa shape index (κ3) is 4.10. The highest BCUT2D eigenvalue weighted by molar-refractivity contribution is 6.35. The lowest BCUT2D eigenvalue weighted by Gasteiger charge is -2.16. The van der Waals surface area contributed by atoms with Gasteiger partial charge in [-0.3, -0.25) is 14.5 Å². The number of carbonyl (C=O) groups excluding carboxylic acids is 2. The van der Waals surface area contributed by atoms with Gasteiger partial charge in [0.05, 0.1) is 25.9 Å². The van der Waals surface area contributed by atoms with Crippen molar-refractivity contribution >= 4 is 17.4 Å². The molecule has 0 aromatic heterocycles. The summed E-state index contributed by atoms with van der Waals surface area (Å²) < 4.78 is 16.5. The largest absolute Gasteiger partial charge is 0.502 e. The van der Waals surface area contributed by atoms with Gasteiger partial charge in [0, 0.05) is 12.1 Å². The van der Waals surface area contributed by atoms with Crippen LogP contribution < -0.4 is 14.2 Å². The number of rotatable bonds is 9. The van der Waals surface area contributed by atoms with Crippen molar-refractivity contribution in [2.75, 3.05) is 26.9 Å². The number of ether oxygens (including phenoxy) is 3. The van der Waals surface area contributed by atoms with Gasteiger partial charge in [-0.15, -0.1) is 0 Å². The van der Waals surface area contributed by atoms with Crippen molar-refractivity contribution in [2.24, 2.45) is 0 Å². The maximum atomic E-state index is 12.9. The second-order valence-electron chi connectivity index (χ2n) is 6.58. The monoisotopic (exact) mass is 411 g/mol. The Balaban J connectivity index is 1.78. The SMILES string of the molecule is CCOc1ccc(CCN2C(=O)C(O)=C(c3ccccc3OC)C2=O)cc1OCC. The molecule has 0 spiro atoms. The van der Waals surface area contributed by atoms with Gasteiger partial charge in [-0.05, 0) is 44.0 Å². The fraction of sp³-hybridized carbons (Fsp3) is 0.304. The molecule has 0 saturated heterocycles. The predicted molar refractivity (Wildman–Crippen MR) is 112 cm³/mol. The Morgan fingerprint density at radius 1 is 0.900 bits per heavy atom. The van der Waals surface area contributed by atoms with E-state index in [1.807, 2.05) is 32.0 Å². The summed E-state index contributed by atoms with van der Waals surface area (Å²) in [5, 5.41) is 10.4. The lowest BCUT2D eigenvalue weighted by atomic mass is 10.0. The third-order valence-corrected chi connectivity index (χ3v) is 4.75. The first kappa shape index (κ1) is 21.2. The van der Waals surface area contributed by atoms with Gasteiger partial charge >= 0.3 is 0 Å². The van der Waals surface area contributed by atoms with E-state index in [1.54, 1.807) is 24.3 Å². The number of nitrogens with zero attached hydrogens (tertiary/aromatic N) is 1. The number of benzene rings is 2. The molecule has 1 N–H and O–H groups in total. The lowest BCUT2D eigenvalue weighted by molar-refractivity contribution is -0.138. The number of aliphatic hydroxyl groups is 1. The van der Waals surface area contributed by atoms with Crippen molar-refractivity contribution in [3.05, 3.63) is 59.4 Å². The standard InChI is InChI=1S/C23H25NO6/c1-4-29-18-11-10-15(14-19(18)30-5-2)12-13-24-22(26)20(21(25)23(24)27)16-8-6-7-9-17(16)28-3/h6-11,14,25H,4-5,12-13H2,1-3H3. The summed E-state index contributed by atoms with van der Waals surface area (Å²) in [5.74, 6) is -0.142. The van der Waals surface area contributed by atoms with Crippen LogP contribution in [0, 0.1) is 0 Å². The molecule has 2 aromatic carbocycles. The third-order valence-electron chi connectivity index (χ3n) is 4.75. The Morgan fingerprint density at radius 2 is 1.60 bits per heavy atom. The molecule has 0 bridgehead atoms. The number of imide groups is 1. The first-order valence-electron chi connectivity index (χ1n) is 9.83. The van der Waals surface area contributed by atoms with Crippen LogP contribution in [0.5, 0.6) is 17.2 Å². The van der Waals surface area contributed by atoms with Gasteiger partial charge in [0.1, 0.15) is 5.75 Å². The van der Waals surface area contributed by atoms with E-state index in [9.17, 15) is 14.7 Å². The summed E-state index contributed by atoms with van der Waals surface area (Å²) in [6, 6.07) is 12.3. The molecule has 0 fully saturated rings. The normalized spacial score (nSPS) is 13.8. The quantitative estimate of drug-likeness (QED) is 0.637. The van der Waals surface area contributed by atoms with Crippen LogP contribution in [-0.2, 0) is 16.0 Å². The molecule has 1 aliphatic heterocycles. The molecule has 0 unspecified atom stereocenters. The van der Waals surface area contributed by atoms with Crippen LogP contribution in [0.1, 0.15) is 25.0 Å². The Morgan fingerprint density at radius 3 is 2.30 bits per heavy atom. The van der Waals surface area contributed by atoms with E-state index in [1.165, 1.54) is 7.11 Å². The van der Waals surface area contributed by atoms with E-state index in [-0.39, 0.29) is 12.1 Å². The summed E-state index contributed by atoms with van der Waals surface area (Å²) in [7, 11) is 1.47. The van der Waals surface area contributed by atoms with Gasteiger partial charge in [-0.2, -0.15) is 0 Å². The van der Waals surface area contributed by atoms with Gasteiger partial charge in [0.25, 0.3) is 11.8 Å². The van der Waals surface area contributed by atoms with Gasteiger partial charge in [0.15, 0.2) is 17.3 Å². The van der Waals surface area contributed by atoms with E-state index in [0.29, 0.717) is 42.4 Å². The van der Waals surface area contributed by atoms with Crippen LogP contribution in [0.3, 0.4) is 0 Å². The van der Waals surface area contributed by atoms with Crippen LogP contribution >= 0.6 is 0 Å². The number of methoxy groups -OCH3 is 1. The molecule has 2 aromatic rings. The van der Waals surface area contributed by atoms with Crippen molar-refractivity contribution in [1.29, 1.82) is 0 Å². The molecule has 3 rings (SSSR count). The van der Waals surface area contributed by atoms with E-state index < -0.39 is 17.6 Å². The van der Waals surface area contributed by atoms with Crippen LogP contribution in [-0.4, -0.2) is 48.7 Å². The Labute approximate surface area is 175 Å². The fourth-order valence-electron chi connectivity index (χ4n) is 3.35. The van der Waals surface area contributed by atoms with E-state index in [0.717, 1.165) is 10.5 Å². The predicted octanol–water partition coefficient (Wildman–Crippen LogP) is 3.37. The fourth-order valence-corrected chi connectivity index (χ4v) is 3.35. The van der Waals surface area contributed by atoms with Crippen molar-refractivity contribution in [2.45, 2.75) is 20.3 Å². The molecule has 0 radical (unpaired) electrons. The van der Waals surface area contributed by atoms with Crippen molar-refractivity contribution in [1.82, 2.24) is 4.90 Å². The Kier molecular flexibility index (Phi) is 6.61. The molecule has 0 saturated carbocycles. The number of carbonyl (C=O) groups is 2. The molecule has 0 atom stereocenters. The average molecular weight is 411 g/mol. The summed E-state index contributed by atoms with van der Waals surface area (Å²) in [5.41, 5.74) is 1.23. The maximum Gasteiger partial charge on any atom is 0.296 e. The molecule has 7 nitrogen and oxygen atoms in total. The topological polar surface area (TPSA) is 85.3 Å². The summed E-state index contributed by atoms with van der Waals surface area (Å²) in [6.07, 6.45) is 0.413. The minimum Gasteiger partial charge on any atom is -0.502 e. The summed E-state index contributed by atoms with van der Waals surface area (Å²) in [6.45, 7) is 4.92. The highest BCUT2D eigenvalue weighted by Gasteiger charge is 2.39. The number of hydrogen-bond donors (Lipinski definition) is 1. The molecular formula is C23H25NO6. The van der Waals surface area contributed by atoms with Gasteiger partial charge in [-0.1, -0.05) is 24.3 Å². The first-order chi connectivity index (χ1) is 14.5. The van der Waals surface area contributed by atoms with Crippen LogP contribution in [0.15, 0.2) is 48.2 Å². The van der Waals surface area contributed by atoms with Crippen LogP contribution in [0.4, 0.5) is 0 Å². The van der Waals surface area contributed by atoms with Crippen molar-refractivity contribution < 1.29 is 28.9 Å². The molecule has 158 valence electrons. The molecule has 0 aliphatic carbocycles. The maximum absolute atomic E-state index is 12.9. The van der Waals surface area contributed by atoms with E-state index in [4.69, 9.17) is 14.2 Å². The van der Waals surface area contributed by atoms with E-state index >= 15 is 0 Å². The minimum atomic E-state index is -0.711. The van der Waals surface area contributed by atoms with E-state index in [2.05, 4.69) is 0 Å². The molecule has 7 heteroatoms. The zero-order chi connectivity index (χ0) is 21.7. The molecule has 2 amide bonds. The highest BCUT2D eigenvalue weighted by Crippen LogP contribution is 2.34. The molecule has 1 heterocycles. The van der Waals surface area contributed by atoms with Gasteiger partial charge in [-0.25, -0.2) is 0 Å². The average Bonchev–Trinajstić information content (AvgIpc) is 2.96. The number of hydrogen-bond acceptors (Lipinski definition) is 6. The molecule has 30 heavy (non-hydrogen) atoms. The zero-order valence-electron chi connectivity index (χ0n) is 17.3. The van der Waals surface area contributed by atoms with Crippen molar-refractivity contribution in [3.63, 3.8) is 0 Å². The van der Waals surface area contributed by atoms with Crippen molar-refractivity contribution in [3.8, 4) is 17.2 Å². The lowest BCUT2D eigenvalue weighted by Crippen LogP contribution is -2.33. The molecule has 1 aliphatic rings. The van der Waals surface area contributed by atoms with Gasteiger partial charge in [0.2, 0.25) is 0 Å². The Bertz CT molecular complexity index is 981. The summed E-state index contributed by atoms with van der Waals surface area (Å²) in [4.78, 5) is 26.5. The molecular weight excluding hydrogens is 386 g/mol. The van der Waals surface area contributed by atoms with Gasteiger partial charge < -0.3 is 19.3 Å². The second kappa shape index (κ2) is 9.35.